The first kappa shape index (κ1) is 22.0. The maximum absolute atomic E-state index is 13.3. The molecule has 0 aromatic rings. The average Bonchev–Trinajstić information content (AvgIpc) is 3.08. The Morgan fingerprint density at radius 1 is 0.781 bits per heavy atom. The van der Waals surface area contributed by atoms with Crippen LogP contribution in [-0.4, -0.2) is 38.4 Å². The Hall–Kier alpha value is -0.450. The quantitative estimate of drug-likeness (QED) is 0.519. The highest BCUT2D eigenvalue weighted by atomic mass is 16.3. The molecule has 6 aliphatic carbocycles. The van der Waals surface area contributed by atoms with Crippen molar-refractivity contribution in [3.05, 3.63) is 0 Å². The number of Topliss-reactive ketones (excluding diaryl/α,β-unsaturated/α-hetero) is 1. The summed E-state index contributed by atoms with van der Waals surface area (Å²) in [7, 11) is 0. The Kier molecular flexibility index (Phi) is 4.85. The van der Waals surface area contributed by atoms with Gasteiger partial charge in [0.25, 0.3) is 0 Å². The lowest BCUT2D eigenvalue weighted by Gasteiger charge is -2.59. The van der Waals surface area contributed by atoms with Crippen LogP contribution in [0.15, 0.2) is 0 Å². The number of carbonyl (C=O) groups excluding carboxylic acids is 1. The molecule has 1 unspecified atom stereocenters. The molecule has 6 aliphatic rings. The molecule has 0 spiro atoms. The smallest absolute Gasteiger partial charge is 0.136 e. The van der Waals surface area contributed by atoms with Crippen LogP contribution in [0.25, 0.3) is 0 Å². The second kappa shape index (κ2) is 7.04. The Morgan fingerprint density at radius 2 is 1.56 bits per heavy atom. The topological polar surface area (TPSA) is 77.8 Å². The zero-order chi connectivity index (χ0) is 22.6. The van der Waals surface area contributed by atoms with Crippen LogP contribution in [0.3, 0.4) is 0 Å². The summed E-state index contributed by atoms with van der Waals surface area (Å²) in [5.74, 6) is 4.51. The highest BCUT2D eigenvalue weighted by Crippen LogP contribution is 2.68. The fourth-order valence-electron chi connectivity index (χ4n) is 11.0. The Morgan fingerprint density at radius 3 is 2.34 bits per heavy atom. The fraction of sp³-hybridized carbons (Fsp3) is 0.964. The highest BCUT2D eigenvalue weighted by Gasteiger charge is 2.64. The van der Waals surface area contributed by atoms with E-state index in [1.54, 1.807) is 0 Å². The predicted molar refractivity (Wildman–Crippen MR) is 123 cm³/mol. The van der Waals surface area contributed by atoms with Crippen molar-refractivity contribution in [2.75, 3.05) is 0 Å². The zero-order valence-corrected chi connectivity index (χ0v) is 20.3. The summed E-state index contributed by atoms with van der Waals surface area (Å²) in [4.78, 5) is 13.3. The van der Waals surface area contributed by atoms with Gasteiger partial charge in [0.2, 0.25) is 0 Å². The van der Waals surface area contributed by atoms with E-state index in [0.29, 0.717) is 59.5 Å². The molecule has 0 heterocycles. The third-order valence-corrected chi connectivity index (χ3v) is 12.4. The molecule has 6 fully saturated rings. The summed E-state index contributed by atoms with van der Waals surface area (Å²) in [6.07, 6.45) is 10.2. The molecule has 0 amide bonds. The molecule has 0 aromatic heterocycles. The molecule has 3 N–H and O–H groups in total. The van der Waals surface area contributed by atoms with E-state index in [1.165, 1.54) is 12.8 Å². The van der Waals surface area contributed by atoms with Gasteiger partial charge in [0.1, 0.15) is 5.78 Å². The lowest BCUT2D eigenvalue weighted by atomic mass is 9.48. The summed E-state index contributed by atoms with van der Waals surface area (Å²) < 4.78 is 0. The number of fused-ring (bicyclic) bond motifs is 8. The van der Waals surface area contributed by atoms with Crippen molar-refractivity contribution in [3.8, 4) is 0 Å². The van der Waals surface area contributed by atoms with Gasteiger partial charge in [-0.05, 0) is 131 Å². The van der Waals surface area contributed by atoms with E-state index in [2.05, 4.69) is 13.8 Å². The van der Waals surface area contributed by atoms with Gasteiger partial charge in [-0.3, -0.25) is 4.79 Å². The fourth-order valence-corrected chi connectivity index (χ4v) is 11.0. The zero-order valence-electron chi connectivity index (χ0n) is 20.3. The van der Waals surface area contributed by atoms with Gasteiger partial charge in [-0.15, -0.1) is 0 Å². The molecular weight excluding hydrogens is 400 g/mol. The first-order chi connectivity index (χ1) is 15.0. The molecule has 0 aliphatic heterocycles. The van der Waals surface area contributed by atoms with Crippen LogP contribution < -0.4 is 0 Å². The molecule has 32 heavy (non-hydrogen) atoms. The maximum Gasteiger partial charge on any atom is 0.136 e. The number of hydrogen-bond donors (Lipinski definition) is 3. The van der Waals surface area contributed by atoms with Gasteiger partial charge in [-0.25, -0.2) is 0 Å². The number of hydrogen-bond acceptors (Lipinski definition) is 4. The van der Waals surface area contributed by atoms with Gasteiger partial charge in [0.15, 0.2) is 0 Å². The first-order valence-corrected chi connectivity index (χ1v) is 13.7. The lowest BCUT2D eigenvalue weighted by Crippen LogP contribution is -2.59. The molecule has 0 bridgehead atoms. The average molecular weight is 445 g/mol. The molecule has 0 aromatic carbocycles. The maximum atomic E-state index is 13.3. The minimum absolute atomic E-state index is 0.0516. The van der Waals surface area contributed by atoms with Crippen LogP contribution in [-0.2, 0) is 4.79 Å². The van der Waals surface area contributed by atoms with Gasteiger partial charge in [-0.2, -0.15) is 0 Å². The number of carbonyl (C=O) groups is 1. The van der Waals surface area contributed by atoms with Crippen LogP contribution in [0, 0.1) is 58.7 Å². The predicted octanol–water partition coefficient (Wildman–Crippen LogP) is 4.34. The van der Waals surface area contributed by atoms with Crippen LogP contribution >= 0.6 is 0 Å². The summed E-state index contributed by atoms with van der Waals surface area (Å²) in [5.41, 5.74) is -1.15. The lowest BCUT2D eigenvalue weighted by molar-refractivity contribution is -0.185. The second-order valence-electron chi connectivity index (χ2n) is 13.9. The van der Waals surface area contributed by atoms with E-state index >= 15 is 0 Å². The van der Waals surface area contributed by atoms with Gasteiger partial charge in [-0.1, -0.05) is 6.92 Å². The molecule has 0 radical (unpaired) electrons. The van der Waals surface area contributed by atoms with Gasteiger partial charge < -0.3 is 15.3 Å². The summed E-state index contributed by atoms with van der Waals surface area (Å²) >= 11 is 0. The molecular formula is C28H44O4. The molecule has 4 heteroatoms. The van der Waals surface area contributed by atoms with Crippen molar-refractivity contribution in [1.29, 1.82) is 0 Å². The third kappa shape index (κ3) is 3.00. The second-order valence-corrected chi connectivity index (χ2v) is 13.9. The number of aliphatic hydroxyl groups is 3. The number of rotatable bonds is 0. The van der Waals surface area contributed by atoms with E-state index < -0.39 is 11.2 Å². The van der Waals surface area contributed by atoms with Crippen molar-refractivity contribution in [3.63, 3.8) is 0 Å². The van der Waals surface area contributed by atoms with E-state index in [9.17, 15) is 20.1 Å². The van der Waals surface area contributed by atoms with Gasteiger partial charge >= 0.3 is 0 Å². The van der Waals surface area contributed by atoms with Crippen molar-refractivity contribution in [2.45, 2.75) is 109 Å². The normalized spacial score (nSPS) is 61.8. The van der Waals surface area contributed by atoms with E-state index in [4.69, 9.17) is 0 Å². The molecule has 0 saturated heterocycles. The monoisotopic (exact) mass is 444 g/mol. The molecule has 4 nitrogen and oxygen atoms in total. The van der Waals surface area contributed by atoms with Crippen LogP contribution in [0.1, 0.15) is 91.4 Å². The Bertz CT molecular complexity index is 788. The summed E-state index contributed by atoms with van der Waals surface area (Å²) in [6.45, 7) is 6.48. The van der Waals surface area contributed by atoms with Crippen molar-refractivity contribution >= 4 is 5.78 Å². The van der Waals surface area contributed by atoms with Crippen LogP contribution in [0.4, 0.5) is 0 Å². The largest absolute Gasteiger partial charge is 0.393 e. The molecule has 6 saturated carbocycles. The van der Waals surface area contributed by atoms with Crippen LogP contribution in [0.2, 0.25) is 0 Å². The Balaban J connectivity index is 1.31. The highest BCUT2D eigenvalue weighted by molar-refractivity contribution is 5.83. The molecule has 13 atom stereocenters. The SMILES string of the molecule is C[C@@]1(O)CC[C@@H]2C(C[C@H]3[C@@H]4C[C@H]5[C@@H](CC(=O)[C@H]6C[C@@H](O)CC[C@@]65C)[C@@H]4CC[C@H]3[C@]2(C)O)C1. The van der Waals surface area contributed by atoms with E-state index in [1.807, 2.05) is 6.92 Å². The van der Waals surface area contributed by atoms with Crippen molar-refractivity contribution < 1.29 is 20.1 Å². The third-order valence-electron chi connectivity index (χ3n) is 12.4. The molecule has 180 valence electrons. The van der Waals surface area contributed by atoms with E-state index in [0.717, 1.165) is 51.4 Å². The standard InChI is InChI=1S/C28H44O4/c1-26(31)8-7-21-15(14-26)10-19-18-12-23-20(17(18)4-5-22(19)28(21,3)32)13-25(30)24-11-16(29)6-9-27(23,24)2/h15-24,29,31-32H,4-14H2,1-3H3/t15?,16-,17+,18+,19-,20-,21+,22+,23-,24+,26+,27+,28+/m0/s1. The van der Waals surface area contributed by atoms with Gasteiger partial charge in [0, 0.05) is 12.3 Å². The first-order valence-electron chi connectivity index (χ1n) is 13.7. The number of aliphatic hydroxyl groups excluding tert-OH is 1. The minimum Gasteiger partial charge on any atom is -0.393 e. The minimum atomic E-state index is -0.625. The van der Waals surface area contributed by atoms with Gasteiger partial charge in [0.05, 0.1) is 17.3 Å². The van der Waals surface area contributed by atoms with E-state index in [-0.39, 0.29) is 17.4 Å². The van der Waals surface area contributed by atoms with Crippen LogP contribution in [0.5, 0.6) is 0 Å². The summed E-state index contributed by atoms with van der Waals surface area (Å²) in [6, 6.07) is 0. The summed E-state index contributed by atoms with van der Waals surface area (Å²) in [5, 5.41) is 33.0. The Labute approximate surface area is 193 Å². The number of ketones is 1. The van der Waals surface area contributed by atoms with Crippen molar-refractivity contribution in [2.24, 2.45) is 58.7 Å². The van der Waals surface area contributed by atoms with Crippen molar-refractivity contribution in [1.82, 2.24) is 0 Å². The molecule has 6 rings (SSSR count).